The van der Waals surface area contributed by atoms with Gasteiger partial charge in [0.2, 0.25) is 5.89 Å². The van der Waals surface area contributed by atoms with Crippen LogP contribution in [0.1, 0.15) is 38.1 Å². The zero-order valence-electron chi connectivity index (χ0n) is 12.7. The van der Waals surface area contributed by atoms with Crippen LogP contribution in [0.5, 0.6) is 5.75 Å². The lowest BCUT2D eigenvalue weighted by Gasteiger charge is -2.21. The van der Waals surface area contributed by atoms with Gasteiger partial charge < -0.3 is 14.5 Å². The van der Waals surface area contributed by atoms with Crippen LogP contribution in [-0.4, -0.2) is 15.7 Å². The van der Waals surface area contributed by atoms with Crippen molar-refractivity contribution in [3.63, 3.8) is 0 Å². The van der Waals surface area contributed by atoms with Crippen molar-refractivity contribution < 1.29 is 9.15 Å². The molecule has 1 aromatic heterocycles. The second kappa shape index (κ2) is 6.58. The number of hydrogen-bond acceptors (Lipinski definition) is 5. The van der Waals surface area contributed by atoms with Crippen molar-refractivity contribution in [2.75, 3.05) is 0 Å². The summed E-state index contributed by atoms with van der Waals surface area (Å²) in [5, 5.41) is 11.1. The summed E-state index contributed by atoms with van der Waals surface area (Å²) >= 11 is 3.56. The molecule has 0 unspecified atom stereocenters. The first kappa shape index (κ1) is 16.0. The zero-order valence-corrected chi connectivity index (χ0v) is 14.3. The number of aryl methyl sites for hydroxylation is 1. The van der Waals surface area contributed by atoms with E-state index in [9.17, 15) is 0 Å². The molecule has 1 heterocycles. The Morgan fingerprint density at radius 2 is 2.05 bits per heavy atom. The van der Waals surface area contributed by atoms with E-state index in [4.69, 9.17) is 9.15 Å². The highest BCUT2D eigenvalue weighted by Gasteiger charge is 2.11. The zero-order chi connectivity index (χ0) is 15.5. The normalized spacial score (nSPS) is 11.7. The van der Waals surface area contributed by atoms with Crippen LogP contribution in [0.25, 0.3) is 0 Å². The standard InChI is InChI=1S/C15H20BrN3O2/c1-10-18-19-14(21-10)9-20-12-5-6-13(16)11(7-12)8-17-15(2,3)4/h5-7,17H,8-9H2,1-4H3. The molecule has 0 saturated carbocycles. The van der Waals surface area contributed by atoms with Crippen molar-refractivity contribution in [1.82, 2.24) is 15.5 Å². The molecule has 0 amide bonds. The van der Waals surface area contributed by atoms with Gasteiger partial charge in [-0.05, 0) is 44.5 Å². The average molecular weight is 354 g/mol. The Labute approximate surface area is 133 Å². The van der Waals surface area contributed by atoms with E-state index in [0.717, 1.165) is 22.3 Å². The third kappa shape index (κ3) is 5.13. The minimum absolute atomic E-state index is 0.0671. The predicted molar refractivity (Wildman–Crippen MR) is 84.1 cm³/mol. The Bertz CT molecular complexity index is 605. The van der Waals surface area contributed by atoms with E-state index >= 15 is 0 Å². The minimum Gasteiger partial charge on any atom is -0.484 e. The maximum atomic E-state index is 5.69. The maximum absolute atomic E-state index is 5.69. The molecular weight excluding hydrogens is 334 g/mol. The summed E-state index contributed by atoms with van der Waals surface area (Å²) < 4.78 is 12.0. The van der Waals surface area contributed by atoms with E-state index < -0.39 is 0 Å². The van der Waals surface area contributed by atoms with Crippen LogP contribution < -0.4 is 10.1 Å². The molecule has 1 aromatic carbocycles. The van der Waals surface area contributed by atoms with E-state index in [1.165, 1.54) is 0 Å². The highest BCUT2D eigenvalue weighted by Crippen LogP contribution is 2.23. The highest BCUT2D eigenvalue weighted by atomic mass is 79.9. The summed E-state index contributed by atoms with van der Waals surface area (Å²) in [7, 11) is 0. The Morgan fingerprint density at radius 1 is 1.29 bits per heavy atom. The molecule has 0 saturated heterocycles. The summed E-state index contributed by atoms with van der Waals surface area (Å²) in [6.07, 6.45) is 0. The van der Waals surface area contributed by atoms with Crippen LogP contribution in [0.3, 0.4) is 0 Å². The number of ether oxygens (including phenoxy) is 1. The SMILES string of the molecule is Cc1nnc(COc2ccc(Br)c(CNC(C)(C)C)c2)o1. The number of aromatic nitrogens is 2. The Morgan fingerprint density at radius 3 is 2.67 bits per heavy atom. The summed E-state index contributed by atoms with van der Waals surface area (Å²) in [5.74, 6) is 1.80. The number of rotatable bonds is 5. The highest BCUT2D eigenvalue weighted by molar-refractivity contribution is 9.10. The molecule has 2 rings (SSSR count). The maximum Gasteiger partial charge on any atom is 0.253 e. The molecule has 114 valence electrons. The molecule has 0 atom stereocenters. The van der Waals surface area contributed by atoms with Crippen molar-refractivity contribution in [3.05, 3.63) is 40.0 Å². The van der Waals surface area contributed by atoms with E-state index in [1.54, 1.807) is 6.92 Å². The van der Waals surface area contributed by atoms with Crippen molar-refractivity contribution in [3.8, 4) is 5.75 Å². The van der Waals surface area contributed by atoms with Crippen molar-refractivity contribution in [2.24, 2.45) is 0 Å². The average Bonchev–Trinajstić information content (AvgIpc) is 2.81. The monoisotopic (exact) mass is 353 g/mol. The van der Waals surface area contributed by atoms with Gasteiger partial charge in [0.1, 0.15) is 5.75 Å². The van der Waals surface area contributed by atoms with Gasteiger partial charge in [0.05, 0.1) is 0 Å². The lowest BCUT2D eigenvalue weighted by atomic mass is 10.1. The first-order chi connectivity index (χ1) is 9.83. The molecule has 0 aliphatic heterocycles. The van der Waals surface area contributed by atoms with Crippen LogP contribution in [0.15, 0.2) is 27.1 Å². The summed E-state index contributed by atoms with van der Waals surface area (Å²) in [6.45, 7) is 9.21. The molecule has 21 heavy (non-hydrogen) atoms. The number of hydrogen-bond donors (Lipinski definition) is 1. The molecular formula is C15H20BrN3O2. The quantitative estimate of drug-likeness (QED) is 0.889. The van der Waals surface area contributed by atoms with Crippen LogP contribution in [0.4, 0.5) is 0 Å². The van der Waals surface area contributed by atoms with Crippen LogP contribution in [0, 0.1) is 6.92 Å². The van der Waals surface area contributed by atoms with Gasteiger partial charge in [-0.1, -0.05) is 15.9 Å². The third-order valence-corrected chi connectivity index (χ3v) is 3.53. The second-order valence-corrected chi connectivity index (χ2v) is 6.71. The molecule has 0 bridgehead atoms. The smallest absolute Gasteiger partial charge is 0.253 e. The molecule has 0 aliphatic rings. The predicted octanol–water partition coefficient (Wildman–Crippen LogP) is 3.61. The van der Waals surface area contributed by atoms with Crippen molar-refractivity contribution >= 4 is 15.9 Å². The fourth-order valence-electron chi connectivity index (χ4n) is 1.68. The molecule has 0 radical (unpaired) electrons. The Hall–Kier alpha value is -1.40. The Kier molecular flexibility index (Phi) is 5.00. The Balaban J connectivity index is 2.00. The van der Waals surface area contributed by atoms with E-state index in [-0.39, 0.29) is 12.1 Å². The molecule has 0 spiro atoms. The molecule has 2 aromatic rings. The lowest BCUT2D eigenvalue weighted by molar-refractivity contribution is 0.260. The molecule has 1 N–H and O–H groups in total. The number of halogens is 1. The van der Waals surface area contributed by atoms with E-state index in [0.29, 0.717) is 11.8 Å². The van der Waals surface area contributed by atoms with E-state index in [2.05, 4.69) is 52.2 Å². The van der Waals surface area contributed by atoms with Crippen LogP contribution >= 0.6 is 15.9 Å². The molecule has 0 fully saturated rings. The summed E-state index contributed by atoms with van der Waals surface area (Å²) in [4.78, 5) is 0. The van der Waals surface area contributed by atoms with Gasteiger partial charge in [-0.15, -0.1) is 10.2 Å². The fraction of sp³-hybridized carbons (Fsp3) is 0.467. The topological polar surface area (TPSA) is 60.2 Å². The van der Waals surface area contributed by atoms with Gasteiger partial charge in [0.25, 0.3) is 5.89 Å². The molecule has 5 nitrogen and oxygen atoms in total. The van der Waals surface area contributed by atoms with Crippen LogP contribution in [0.2, 0.25) is 0 Å². The van der Waals surface area contributed by atoms with Crippen molar-refractivity contribution in [2.45, 2.75) is 46.4 Å². The number of nitrogens with zero attached hydrogens (tertiary/aromatic N) is 2. The van der Waals surface area contributed by atoms with Gasteiger partial charge in [-0.2, -0.15) is 0 Å². The van der Waals surface area contributed by atoms with Gasteiger partial charge in [-0.25, -0.2) is 0 Å². The summed E-state index contributed by atoms with van der Waals surface area (Å²) in [6, 6.07) is 5.90. The van der Waals surface area contributed by atoms with Gasteiger partial charge in [0.15, 0.2) is 6.61 Å². The summed E-state index contributed by atoms with van der Waals surface area (Å²) in [5.41, 5.74) is 1.21. The lowest BCUT2D eigenvalue weighted by Crippen LogP contribution is -2.35. The first-order valence-electron chi connectivity index (χ1n) is 6.79. The van der Waals surface area contributed by atoms with Gasteiger partial charge in [-0.3, -0.25) is 0 Å². The number of benzene rings is 1. The largest absolute Gasteiger partial charge is 0.484 e. The van der Waals surface area contributed by atoms with Gasteiger partial charge in [0, 0.05) is 23.5 Å². The second-order valence-electron chi connectivity index (χ2n) is 5.86. The third-order valence-electron chi connectivity index (χ3n) is 2.76. The van der Waals surface area contributed by atoms with Crippen molar-refractivity contribution in [1.29, 1.82) is 0 Å². The fourth-order valence-corrected chi connectivity index (χ4v) is 2.06. The first-order valence-corrected chi connectivity index (χ1v) is 7.58. The molecule has 0 aliphatic carbocycles. The number of nitrogens with one attached hydrogen (secondary N) is 1. The van der Waals surface area contributed by atoms with Gasteiger partial charge >= 0.3 is 0 Å². The van der Waals surface area contributed by atoms with Crippen LogP contribution in [-0.2, 0) is 13.2 Å². The van der Waals surface area contributed by atoms with E-state index in [1.807, 2.05) is 18.2 Å². The molecule has 6 heteroatoms. The minimum atomic E-state index is 0.0671.